The first-order chi connectivity index (χ1) is 12.2. The number of hydrogen-bond donors (Lipinski definition) is 2. The highest BCUT2D eigenvalue weighted by atomic mass is 16.7. The number of carbonyl (C=O) groups is 1. The third-order valence-electron chi connectivity index (χ3n) is 4.84. The van der Waals surface area contributed by atoms with Gasteiger partial charge in [-0.25, -0.2) is 4.79 Å². The summed E-state index contributed by atoms with van der Waals surface area (Å²) in [4.78, 5) is 12.5. The number of urea groups is 1. The van der Waals surface area contributed by atoms with Gasteiger partial charge < -0.3 is 20.1 Å². The van der Waals surface area contributed by atoms with E-state index in [2.05, 4.69) is 10.6 Å². The third-order valence-corrected chi connectivity index (χ3v) is 4.84. The van der Waals surface area contributed by atoms with Gasteiger partial charge in [-0.05, 0) is 18.1 Å². The normalized spacial score (nSPS) is 21.4. The van der Waals surface area contributed by atoms with Crippen molar-refractivity contribution in [2.24, 2.45) is 0 Å². The molecule has 1 saturated heterocycles. The van der Waals surface area contributed by atoms with Crippen LogP contribution in [0.25, 0.3) is 11.1 Å². The zero-order chi connectivity index (χ0) is 17.1. The predicted octanol–water partition coefficient (Wildman–Crippen LogP) is 3.77. The average molecular weight is 338 g/mol. The molecule has 130 valence electrons. The van der Waals surface area contributed by atoms with Crippen LogP contribution in [0.3, 0.4) is 0 Å². The Balaban J connectivity index is 1.42. The highest BCUT2D eigenvalue weighted by molar-refractivity contribution is 5.94. The number of hydrogen-bond acceptors (Lipinski definition) is 3. The number of amides is 2. The Hall–Kier alpha value is -2.37. The molecule has 2 amide bonds. The number of carbonyl (C=O) groups excluding carboxylic acids is 1. The molecule has 5 heteroatoms. The summed E-state index contributed by atoms with van der Waals surface area (Å²) in [5.41, 5.74) is 2.88. The van der Waals surface area contributed by atoms with Gasteiger partial charge >= 0.3 is 6.03 Å². The first kappa shape index (κ1) is 16.1. The maximum absolute atomic E-state index is 12.5. The molecule has 0 unspecified atom stereocenters. The number of rotatable bonds is 3. The van der Waals surface area contributed by atoms with E-state index >= 15 is 0 Å². The van der Waals surface area contributed by atoms with E-state index in [0.717, 1.165) is 29.7 Å². The van der Waals surface area contributed by atoms with Crippen LogP contribution in [-0.2, 0) is 9.47 Å². The molecule has 1 aliphatic carbocycles. The zero-order valence-corrected chi connectivity index (χ0v) is 14.0. The Morgan fingerprint density at radius 1 is 1.00 bits per heavy atom. The molecule has 2 aromatic carbocycles. The van der Waals surface area contributed by atoms with Gasteiger partial charge in [0.2, 0.25) is 0 Å². The fraction of sp³-hybridized carbons (Fsp3) is 0.350. The molecule has 2 N–H and O–H groups in total. The summed E-state index contributed by atoms with van der Waals surface area (Å²) in [6, 6.07) is 17.7. The van der Waals surface area contributed by atoms with Crippen LogP contribution in [0.5, 0.6) is 0 Å². The Kier molecular flexibility index (Phi) is 4.42. The molecule has 25 heavy (non-hydrogen) atoms. The first-order valence-electron chi connectivity index (χ1n) is 8.74. The van der Waals surface area contributed by atoms with E-state index in [-0.39, 0.29) is 12.1 Å². The van der Waals surface area contributed by atoms with Crippen LogP contribution in [-0.4, -0.2) is 31.1 Å². The van der Waals surface area contributed by atoms with Crippen LogP contribution >= 0.6 is 0 Å². The van der Waals surface area contributed by atoms with Crippen molar-refractivity contribution < 1.29 is 14.3 Å². The van der Waals surface area contributed by atoms with E-state index in [4.69, 9.17) is 9.47 Å². The minimum atomic E-state index is -0.472. The van der Waals surface area contributed by atoms with E-state index in [9.17, 15) is 4.79 Å². The van der Waals surface area contributed by atoms with Crippen molar-refractivity contribution in [2.45, 2.75) is 31.1 Å². The monoisotopic (exact) mass is 338 g/mol. The van der Waals surface area contributed by atoms with Crippen molar-refractivity contribution >= 4 is 11.7 Å². The lowest BCUT2D eigenvalue weighted by Gasteiger charge is -2.22. The summed E-state index contributed by atoms with van der Waals surface area (Å²) in [6.07, 6.45) is 2.41. The molecule has 0 aromatic heterocycles. The van der Waals surface area contributed by atoms with Crippen molar-refractivity contribution in [2.75, 3.05) is 18.5 Å². The summed E-state index contributed by atoms with van der Waals surface area (Å²) in [5.74, 6) is -0.472. The van der Waals surface area contributed by atoms with Crippen molar-refractivity contribution in [3.8, 4) is 11.1 Å². The standard InChI is InChI=1S/C20H22N2O3/c23-19(21-16-10-11-20(14-16)24-12-13-25-20)22-18-9-5-4-8-17(18)15-6-2-1-3-7-15/h1-9,16H,10-14H2,(H2,21,22,23)/t16-/m0/s1. The van der Waals surface area contributed by atoms with Gasteiger partial charge in [-0.15, -0.1) is 0 Å². The topological polar surface area (TPSA) is 59.6 Å². The molecule has 1 spiro atoms. The number of nitrogens with one attached hydrogen (secondary N) is 2. The summed E-state index contributed by atoms with van der Waals surface area (Å²) in [5, 5.41) is 6.03. The Bertz CT molecular complexity index is 742. The summed E-state index contributed by atoms with van der Waals surface area (Å²) in [7, 11) is 0. The van der Waals surface area contributed by atoms with Crippen molar-refractivity contribution in [1.82, 2.24) is 5.32 Å². The maximum atomic E-state index is 12.5. The molecule has 1 saturated carbocycles. The quantitative estimate of drug-likeness (QED) is 0.895. The Labute approximate surface area is 147 Å². The van der Waals surface area contributed by atoms with Crippen molar-refractivity contribution in [3.63, 3.8) is 0 Å². The van der Waals surface area contributed by atoms with Gasteiger partial charge in [-0.1, -0.05) is 48.5 Å². The molecule has 4 rings (SSSR count). The molecule has 0 radical (unpaired) electrons. The van der Waals surface area contributed by atoms with Crippen molar-refractivity contribution in [1.29, 1.82) is 0 Å². The molecule has 5 nitrogen and oxygen atoms in total. The SMILES string of the molecule is O=C(Nc1ccccc1-c1ccccc1)N[C@H]1CCC2(C1)OCCO2. The van der Waals surface area contributed by atoms with E-state index in [1.54, 1.807) is 0 Å². The van der Waals surface area contributed by atoms with Crippen LogP contribution in [0.1, 0.15) is 19.3 Å². The second-order valence-corrected chi connectivity index (χ2v) is 6.56. The minimum Gasteiger partial charge on any atom is -0.347 e. The lowest BCUT2D eigenvalue weighted by Crippen LogP contribution is -2.38. The minimum absolute atomic E-state index is 0.0713. The number of anilines is 1. The van der Waals surface area contributed by atoms with E-state index in [1.165, 1.54) is 0 Å². The smallest absolute Gasteiger partial charge is 0.319 e. The van der Waals surface area contributed by atoms with Gasteiger partial charge in [0.1, 0.15) is 0 Å². The fourth-order valence-electron chi connectivity index (χ4n) is 3.66. The molecule has 1 heterocycles. The van der Waals surface area contributed by atoms with Crippen LogP contribution in [0.2, 0.25) is 0 Å². The molecule has 1 atom stereocenters. The van der Waals surface area contributed by atoms with E-state index in [0.29, 0.717) is 19.6 Å². The Morgan fingerprint density at radius 3 is 2.52 bits per heavy atom. The van der Waals surface area contributed by atoms with Crippen LogP contribution < -0.4 is 10.6 Å². The number of benzene rings is 2. The van der Waals surface area contributed by atoms with Gasteiger partial charge in [0.25, 0.3) is 0 Å². The highest BCUT2D eigenvalue weighted by Crippen LogP contribution is 2.37. The largest absolute Gasteiger partial charge is 0.347 e. The lowest BCUT2D eigenvalue weighted by atomic mass is 10.0. The van der Waals surface area contributed by atoms with Crippen LogP contribution in [0.15, 0.2) is 54.6 Å². The van der Waals surface area contributed by atoms with Gasteiger partial charge in [0.15, 0.2) is 5.79 Å². The van der Waals surface area contributed by atoms with Crippen LogP contribution in [0.4, 0.5) is 10.5 Å². The lowest BCUT2D eigenvalue weighted by molar-refractivity contribution is -0.151. The maximum Gasteiger partial charge on any atom is 0.319 e. The van der Waals surface area contributed by atoms with Crippen molar-refractivity contribution in [3.05, 3.63) is 54.6 Å². The highest BCUT2D eigenvalue weighted by Gasteiger charge is 2.44. The van der Waals surface area contributed by atoms with Gasteiger partial charge in [-0.3, -0.25) is 0 Å². The molecule has 2 fully saturated rings. The van der Waals surface area contributed by atoms with Gasteiger partial charge in [0, 0.05) is 24.4 Å². The summed E-state index contributed by atoms with van der Waals surface area (Å²) >= 11 is 0. The second kappa shape index (κ2) is 6.86. The van der Waals surface area contributed by atoms with Gasteiger partial charge in [0.05, 0.1) is 18.9 Å². The number of ether oxygens (including phenoxy) is 2. The number of para-hydroxylation sites is 1. The third kappa shape index (κ3) is 3.52. The molecule has 2 aromatic rings. The Morgan fingerprint density at radius 2 is 1.72 bits per heavy atom. The molecular formula is C20H22N2O3. The summed E-state index contributed by atoms with van der Waals surface area (Å²) < 4.78 is 11.4. The molecule has 2 aliphatic rings. The van der Waals surface area contributed by atoms with Gasteiger partial charge in [-0.2, -0.15) is 0 Å². The summed E-state index contributed by atoms with van der Waals surface area (Å²) in [6.45, 7) is 1.28. The molecule has 0 bridgehead atoms. The van der Waals surface area contributed by atoms with Crippen LogP contribution in [0, 0.1) is 0 Å². The molecule has 1 aliphatic heterocycles. The van der Waals surface area contributed by atoms with E-state index < -0.39 is 5.79 Å². The second-order valence-electron chi connectivity index (χ2n) is 6.56. The predicted molar refractivity (Wildman–Crippen MR) is 96.3 cm³/mol. The molecular weight excluding hydrogens is 316 g/mol. The average Bonchev–Trinajstić information content (AvgIpc) is 3.26. The fourth-order valence-corrected chi connectivity index (χ4v) is 3.66. The van der Waals surface area contributed by atoms with E-state index in [1.807, 2.05) is 54.6 Å². The first-order valence-corrected chi connectivity index (χ1v) is 8.74. The zero-order valence-electron chi connectivity index (χ0n) is 14.0.